The number of halogens is 3. The Morgan fingerprint density at radius 2 is 1.96 bits per heavy atom. The highest BCUT2D eigenvalue weighted by molar-refractivity contribution is 5.54. The summed E-state index contributed by atoms with van der Waals surface area (Å²) < 4.78 is 43.6. The minimum atomic E-state index is -4.38. The highest BCUT2D eigenvalue weighted by atomic mass is 19.4. The van der Waals surface area contributed by atoms with Crippen LogP contribution in [0.4, 0.5) is 18.9 Å². The summed E-state index contributed by atoms with van der Waals surface area (Å²) in [6, 6.07) is 10.5. The van der Waals surface area contributed by atoms with Gasteiger partial charge >= 0.3 is 6.18 Å². The Bertz CT molecular complexity index is 732. The molecule has 1 aliphatic rings. The largest absolute Gasteiger partial charge is 0.472 e. The van der Waals surface area contributed by atoms with Gasteiger partial charge in [0.05, 0.1) is 12.1 Å². The molecule has 1 aliphatic heterocycles. The van der Waals surface area contributed by atoms with E-state index in [4.69, 9.17) is 4.74 Å². The maximum Gasteiger partial charge on any atom is 0.417 e. The Kier molecular flexibility index (Phi) is 5.36. The van der Waals surface area contributed by atoms with E-state index in [0.717, 1.165) is 31.8 Å². The van der Waals surface area contributed by atoms with Crippen LogP contribution in [0.2, 0.25) is 0 Å². The van der Waals surface area contributed by atoms with Gasteiger partial charge in [0.15, 0.2) is 0 Å². The third-order valence-corrected chi connectivity index (χ3v) is 4.31. The summed E-state index contributed by atoms with van der Waals surface area (Å²) in [5, 5.41) is 0. The lowest BCUT2D eigenvalue weighted by Crippen LogP contribution is -2.26. The second-order valence-electron chi connectivity index (χ2n) is 6.72. The number of ether oxygens (including phenoxy) is 1. The number of rotatable bonds is 5. The van der Waals surface area contributed by atoms with E-state index in [2.05, 4.69) is 26.9 Å². The number of nitrogens with zero attached hydrogens (tertiary/aromatic N) is 3. The monoisotopic (exact) mass is 365 g/mol. The summed E-state index contributed by atoms with van der Waals surface area (Å²) in [5.41, 5.74) is 1.65. The molecule has 140 valence electrons. The minimum Gasteiger partial charge on any atom is -0.472 e. The van der Waals surface area contributed by atoms with Crippen LogP contribution in [-0.4, -0.2) is 43.2 Å². The van der Waals surface area contributed by atoms with Crippen molar-refractivity contribution in [2.24, 2.45) is 0 Å². The first-order valence-electron chi connectivity index (χ1n) is 8.50. The molecule has 26 heavy (non-hydrogen) atoms. The molecule has 4 nitrogen and oxygen atoms in total. The fraction of sp³-hybridized carbons (Fsp3) is 0.421. The Hall–Kier alpha value is -2.28. The highest BCUT2D eigenvalue weighted by Crippen LogP contribution is 2.30. The van der Waals surface area contributed by atoms with E-state index in [1.165, 1.54) is 17.3 Å². The molecule has 0 saturated carbocycles. The second kappa shape index (κ2) is 7.53. The van der Waals surface area contributed by atoms with Crippen LogP contribution in [0.15, 0.2) is 42.6 Å². The smallest absolute Gasteiger partial charge is 0.417 e. The number of para-hydroxylation sites is 1. The molecule has 0 bridgehead atoms. The first-order valence-corrected chi connectivity index (χ1v) is 8.50. The van der Waals surface area contributed by atoms with Gasteiger partial charge in [0.25, 0.3) is 0 Å². The van der Waals surface area contributed by atoms with E-state index in [1.54, 1.807) is 0 Å². The number of benzene rings is 1. The molecule has 1 atom stereocenters. The van der Waals surface area contributed by atoms with Crippen molar-refractivity contribution < 1.29 is 17.9 Å². The fourth-order valence-electron chi connectivity index (χ4n) is 3.13. The molecule has 1 aromatic heterocycles. The number of aromatic nitrogens is 1. The Morgan fingerprint density at radius 3 is 2.62 bits per heavy atom. The molecule has 0 aliphatic carbocycles. The third kappa shape index (κ3) is 4.46. The van der Waals surface area contributed by atoms with Crippen LogP contribution >= 0.6 is 0 Å². The zero-order chi connectivity index (χ0) is 18.7. The van der Waals surface area contributed by atoms with Gasteiger partial charge < -0.3 is 14.5 Å². The van der Waals surface area contributed by atoms with Gasteiger partial charge in [0, 0.05) is 37.5 Å². The molecule has 0 spiro atoms. The Labute approximate surface area is 151 Å². The molecular formula is C19H22F3N3O. The van der Waals surface area contributed by atoms with E-state index in [1.807, 2.05) is 26.2 Å². The average molecular weight is 365 g/mol. The van der Waals surface area contributed by atoms with Gasteiger partial charge in [-0.3, -0.25) is 0 Å². The van der Waals surface area contributed by atoms with Crippen molar-refractivity contribution in [2.75, 3.05) is 32.1 Å². The van der Waals surface area contributed by atoms with Gasteiger partial charge in [-0.25, -0.2) is 4.98 Å². The highest BCUT2D eigenvalue weighted by Gasteiger charge is 2.31. The van der Waals surface area contributed by atoms with Crippen molar-refractivity contribution >= 4 is 5.69 Å². The van der Waals surface area contributed by atoms with Gasteiger partial charge in [0.1, 0.15) is 6.10 Å². The van der Waals surface area contributed by atoms with Crippen LogP contribution in [0.25, 0.3) is 0 Å². The van der Waals surface area contributed by atoms with E-state index in [0.29, 0.717) is 6.54 Å². The van der Waals surface area contributed by atoms with Gasteiger partial charge in [-0.2, -0.15) is 13.2 Å². The molecular weight excluding hydrogens is 343 g/mol. The van der Waals surface area contributed by atoms with Crippen molar-refractivity contribution in [2.45, 2.75) is 25.2 Å². The lowest BCUT2D eigenvalue weighted by Gasteiger charge is -2.23. The summed E-state index contributed by atoms with van der Waals surface area (Å²) in [7, 11) is 4.06. The first kappa shape index (κ1) is 18.5. The lowest BCUT2D eigenvalue weighted by atomic mass is 10.1. The molecule has 1 aromatic carbocycles. The third-order valence-electron chi connectivity index (χ3n) is 4.31. The lowest BCUT2D eigenvalue weighted by molar-refractivity contribution is -0.137. The Morgan fingerprint density at radius 1 is 1.19 bits per heavy atom. The van der Waals surface area contributed by atoms with E-state index >= 15 is 0 Å². The molecule has 0 amide bonds. The number of hydrogen-bond acceptors (Lipinski definition) is 4. The number of hydrogen-bond donors (Lipinski definition) is 0. The molecule has 3 rings (SSSR count). The first-order chi connectivity index (χ1) is 12.3. The van der Waals surface area contributed by atoms with Crippen LogP contribution in [0.3, 0.4) is 0 Å². The molecule has 0 unspecified atom stereocenters. The van der Waals surface area contributed by atoms with Crippen molar-refractivity contribution in [1.82, 2.24) is 9.88 Å². The molecule has 1 fully saturated rings. The molecule has 1 saturated heterocycles. The zero-order valence-corrected chi connectivity index (χ0v) is 14.8. The van der Waals surface area contributed by atoms with E-state index in [9.17, 15) is 13.2 Å². The SMILES string of the molecule is CN(C)Cc1ccccc1N1CC[C@@H](Oc2ccc(C(F)(F)F)cn2)C1. The molecule has 0 N–H and O–H groups in total. The number of alkyl halides is 3. The number of pyridine rings is 1. The maximum absolute atomic E-state index is 12.6. The van der Waals surface area contributed by atoms with Crippen molar-refractivity contribution in [3.63, 3.8) is 0 Å². The standard InChI is InChI=1S/C19H22F3N3O/c1-24(2)12-14-5-3-4-6-17(14)25-10-9-16(13-25)26-18-8-7-15(11-23-18)19(20,21)22/h3-8,11,16H,9-10,12-13H2,1-2H3/t16-/m1/s1. The van der Waals surface area contributed by atoms with Crippen LogP contribution in [0.1, 0.15) is 17.5 Å². The van der Waals surface area contributed by atoms with Gasteiger partial charge in [-0.05, 0) is 31.8 Å². The van der Waals surface area contributed by atoms with Crippen molar-refractivity contribution in [3.8, 4) is 5.88 Å². The number of anilines is 1. The molecule has 2 heterocycles. The van der Waals surface area contributed by atoms with Gasteiger partial charge in [-0.1, -0.05) is 18.2 Å². The Balaban J connectivity index is 1.64. The summed E-state index contributed by atoms with van der Waals surface area (Å²) >= 11 is 0. The van der Waals surface area contributed by atoms with Crippen molar-refractivity contribution in [1.29, 1.82) is 0 Å². The summed E-state index contributed by atoms with van der Waals surface area (Å²) in [6.45, 7) is 2.38. The van der Waals surface area contributed by atoms with Crippen LogP contribution in [0.5, 0.6) is 5.88 Å². The normalized spacial score (nSPS) is 17.8. The fourth-order valence-corrected chi connectivity index (χ4v) is 3.13. The summed E-state index contributed by atoms with van der Waals surface area (Å²) in [6.07, 6.45) is -2.86. The summed E-state index contributed by atoms with van der Waals surface area (Å²) in [5.74, 6) is 0.228. The van der Waals surface area contributed by atoms with Crippen LogP contribution in [0, 0.1) is 0 Å². The molecule has 0 radical (unpaired) electrons. The molecule has 2 aromatic rings. The van der Waals surface area contributed by atoms with Gasteiger partial charge in [-0.15, -0.1) is 0 Å². The topological polar surface area (TPSA) is 28.6 Å². The van der Waals surface area contributed by atoms with Gasteiger partial charge in [0.2, 0.25) is 5.88 Å². The second-order valence-corrected chi connectivity index (χ2v) is 6.72. The van der Waals surface area contributed by atoms with Crippen LogP contribution < -0.4 is 9.64 Å². The maximum atomic E-state index is 12.6. The minimum absolute atomic E-state index is 0.0911. The van der Waals surface area contributed by atoms with Crippen molar-refractivity contribution in [3.05, 3.63) is 53.7 Å². The van der Waals surface area contributed by atoms with E-state index < -0.39 is 11.7 Å². The molecule has 7 heteroatoms. The predicted molar refractivity (Wildman–Crippen MR) is 94.3 cm³/mol. The summed E-state index contributed by atoms with van der Waals surface area (Å²) in [4.78, 5) is 8.17. The zero-order valence-electron chi connectivity index (χ0n) is 14.8. The predicted octanol–water partition coefficient (Wildman–Crippen LogP) is 3.82. The average Bonchev–Trinajstić information content (AvgIpc) is 3.03. The van der Waals surface area contributed by atoms with Crippen LogP contribution in [-0.2, 0) is 12.7 Å². The van der Waals surface area contributed by atoms with E-state index in [-0.39, 0.29) is 12.0 Å². The quantitative estimate of drug-likeness (QED) is 0.805.